The van der Waals surface area contributed by atoms with Gasteiger partial charge in [-0.25, -0.2) is 4.68 Å². The molecule has 0 aliphatic heterocycles. The standard InChI is InChI=1S/C11H13N3O3/c1-7(2)17-11-9-6-8(14(15)16)4-5-10(9)12-13(11)3/h4-7H,1-3H3. The zero-order valence-corrected chi connectivity index (χ0v) is 9.88. The van der Waals surface area contributed by atoms with E-state index in [2.05, 4.69) is 5.10 Å². The maximum absolute atomic E-state index is 10.7. The summed E-state index contributed by atoms with van der Waals surface area (Å²) in [5, 5.41) is 15.6. The van der Waals surface area contributed by atoms with Crippen LogP contribution in [0.5, 0.6) is 5.88 Å². The highest BCUT2D eigenvalue weighted by atomic mass is 16.6. The monoisotopic (exact) mass is 235 g/mol. The molecule has 0 atom stereocenters. The maximum Gasteiger partial charge on any atom is 0.270 e. The first-order valence-corrected chi connectivity index (χ1v) is 5.27. The van der Waals surface area contributed by atoms with Crippen molar-refractivity contribution in [3.05, 3.63) is 28.3 Å². The van der Waals surface area contributed by atoms with Crippen molar-refractivity contribution in [1.82, 2.24) is 9.78 Å². The molecule has 0 aliphatic rings. The van der Waals surface area contributed by atoms with E-state index in [1.165, 1.54) is 12.1 Å². The Bertz CT molecular complexity index is 575. The van der Waals surface area contributed by atoms with Crippen LogP contribution >= 0.6 is 0 Å². The number of non-ortho nitro benzene ring substituents is 1. The lowest BCUT2D eigenvalue weighted by Gasteiger charge is -2.09. The Balaban J connectivity index is 2.60. The van der Waals surface area contributed by atoms with E-state index in [0.29, 0.717) is 16.8 Å². The summed E-state index contributed by atoms with van der Waals surface area (Å²) >= 11 is 0. The van der Waals surface area contributed by atoms with Crippen LogP contribution in [0.4, 0.5) is 5.69 Å². The first-order valence-electron chi connectivity index (χ1n) is 5.27. The van der Waals surface area contributed by atoms with Gasteiger partial charge >= 0.3 is 0 Å². The van der Waals surface area contributed by atoms with Crippen molar-refractivity contribution in [2.75, 3.05) is 0 Å². The highest BCUT2D eigenvalue weighted by Gasteiger charge is 2.15. The second-order valence-corrected chi connectivity index (χ2v) is 4.05. The van der Waals surface area contributed by atoms with E-state index >= 15 is 0 Å². The van der Waals surface area contributed by atoms with E-state index in [1.54, 1.807) is 17.8 Å². The topological polar surface area (TPSA) is 70.2 Å². The lowest BCUT2D eigenvalue weighted by Crippen LogP contribution is -2.09. The Morgan fingerprint density at radius 2 is 2.18 bits per heavy atom. The molecule has 2 aromatic rings. The van der Waals surface area contributed by atoms with Gasteiger partial charge in [0.1, 0.15) is 0 Å². The van der Waals surface area contributed by atoms with Crippen LogP contribution < -0.4 is 4.74 Å². The Morgan fingerprint density at radius 1 is 1.47 bits per heavy atom. The summed E-state index contributed by atoms with van der Waals surface area (Å²) < 4.78 is 7.20. The Labute approximate surface area is 97.9 Å². The van der Waals surface area contributed by atoms with Crippen molar-refractivity contribution in [1.29, 1.82) is 0 Å². The van der Waals surface area contributed by atoms with Crippen molar-refractivity contribution >= 4 is 16.6 Å². The molecule has 0 fully saturated rings. The first-order chi connectivity index (χ1) is 7.99. The van der Waals surface area contributed by atoms with Gasteiger partial charge in [-0.15, -0.1) is 0 Å². The van der Waals surface area contributed by atoms with Crippen LogP contribution in [0.15, 0.2) is 18.2 Å². The van der Waals surface area contributed by atoms with E-state index in [4.69, 9.17) is 4.74 Å². The van der Waals surface area contributed by atoms with Gasteiger partial charge in [0, 0.05) is 19.2 Å². The SMILES string of the molecule is CC(C)Oc1c2cc([N+](=O)[O-])ccc2nn1C. The normalized spacial score (nSPS) is 11.1. The van der Waals surface area contributed by atoms with Gasteiger partial charge in [0.05, 0.1) is 21.9 Å². The molecule has 2 rings (SSSR count). The number of nitrogens with zero attached hydrogens (tertiary/aromatic N) is 3. The van der Waals surface area contributed by atoms with Gasteiger partial charge in [0.15, 0.2) is 0 Å². The summed E-state index contributed by atoms with van der Waals surface area (Å²) in [4.78, 5) is 10.3. The first kappa shape index (κ1) is 11.4. The van der Waals surface area contributed by atoms with Gasteiger partial charge in [-0.2, -0.15) is 5.10 Å². The number of hydrogen-bond donors (Lipinski definition) is 0. The zero-order chi connectivity index (χ0) is 12.6. The number of fused-ring (bicyclic) bond motifs is 1. The second kappa shape index (κ2) is 4.04. The molecule has 1 aromatic carbocycles. The minimum atomic E-state index is -0.425. The number of nitro groups is 1. The van der Waals surface area contributed by atoms with Gasteiger partial charge in [0.25, 0.3) is 5.69 Å². The van der Waals surface area contributed by atoms with Crippen LogP contribution in [0.1, 0.15) is 13.8 Å². The predicted molar refractivity (Wildman–Crippen MR) is 63.1 cm³/mol. The van der Waals surface area contributed by atoms with E-state index in [-0.39, 0.29) is 11.8 Å². The molecule has 90 valence electrons. The van der Waals surface area contributed by atoms with Gasteiger partial charge in [-0.3, -0.25) is 10.1 Å². The van der Waals surface area contributed by atoms with Crippen LogP contribution in [0.3, 0.4) is 0 Å². The van der Waals surface area contributed by atoms with Crippen LogP contribution in [0, 0.1) is 10.1 Å². The number of hydrogen-bond acceptors (Lipinski definition) is 4. The van der Waals surface area contributed by atoms with Crippen molar-refractivity contribution in [2.45, 2.75) is 20.0 Å². The molecule has 0 saturated carbocycles. The Kier molecular flexibility index (Phi) is 2.71. The minimum absolute atomic E-state index is 0.00661. The molecule has 17 heavy (non-hydrogen) atoms. The minimum Gasteiger partial charge on any atom is -0.475 e. The molecule has 0 amide bonds. The predicted octanol–water partition coefficient (Wildman–Crippen LogP) is 2.27. The largest absolute Gasteiger partial charge is 0.475 e. The molecular formula is C11H13N3O3. The molecule has 0 aliphatic carbocycles. The smallest absolute Gasteiger partial charge is 0.270 e. The molecule has 0 unspecified atom stereocenters. The van der Waals surface area contributed by atoms with Crippen LogP contribution in [0.2, 0.25) is 0 Å². The van der Waals surface area contributed by atoms with Gasteiger partial charge in [-0.05, 0) is 19.9 Å². The van der Waals surface area contributed by atoms with Crippen LogP contribution in [-0.2, 0) is 7.05 Å². The number of aryl methyl sites for hydroxylation is 1. The molecular weight excluding hydrogens is 222 g/mol. The fraction of sp³-hybridized carbons (Fsp3) is 0.364. The highest BCUT2D eigenvalue weighted by Crippen LogP contribution is 2.29. The van der Waals surface area contributed by atoms with E-state index in [0.717, 1.165) is 0 Å². The molecule has 0 bridgehead atoms. The second-order valence-electron chi connectivity index (χ2n) is 4.05. The molecule has 0 N–H and O–H groups in total. The highest BCUT2D eigenvalue weighted by molar-refractivity contribution is 5.86. The Morgan fingerprint density at radius 3 is 2.76 bits per heavy atom. The molecule has 0 spiro atoms. The van der Waals surface area contributed by atoms with Crippen molar-refractivity contribution in [3.8, 4) is 5.88 Å². The van der Waals surface area contributed by atoms with E-state index in [1.807, 2.05) is 13.8 Å². The van der Waals surface area contributed by atoms with Gasteiger partial charge in [0.2, 0.25) is 5.88 Å². The lowest BCUT2D eigenvalue weighted by atomic mass is 10.2. The number of aromatic nitrogens is 2. The summed E-state index contributed by atoms with van der Waals surface area (Å²) in [6.45, 7) is 3.80. The average Bonchev–Trinajstić information content (AvgIpc) is 2.54. The number of rotatable bonds is 3. The average molecular weight is 235 g/mol. The molecule has 6 heteroatoms. The summed E-state index contributed by atoms with van der Waals surface area (Å²) in [5.41, 5.74) is 0.729. The summed E-state index contributed by atoms with van der Waals surface area (Å²) in [6, 6.07) is 4.55. The van der Waals surface area contributed by atoms with Crippen molar-refractivity contribution < 1.29 is 9.66 Å². The Hall–Kier alpha value is -2.11. The molecule has 1 heterocycles. The number of ether oxygens (including phenoxy) is 1. The van der Waals surface area contributed by atoms with E-state index in [9.17, 15) is 10.1 Å². The third kappa shape index (κ3) is 2.06. The lowest BCUT2D eigenvalue weighted by molar-refractivity contribution is -0.384. The van der Waals surface area contributed by atoms with Gasteiger partial charge in [-0.1, -0.05) is 0 Å². The quantitative estimate of drug-likeness (QED) is 0.604. The third-order valence-corrected chi connectivity index (χ3v) is 2.32. The fourth-order valence-corrected chi connectivity index (χ4v) is 1.64. The molecule has 0 radical (unpaired) electrons. The van der Waals surface area contributed by atoms with Crippen molar-refractivity contribution in [3.63, 3.8) is 0 Å². The number of benzene rings is 1. The van der Waals surface area contributed by atoms with Crippen LogP contribution in [0.25, 0.3) is 10.9 Å². The summed E-state index contributed by atoms with van der Waals surface area (Å²) in [7, 11) is 1.75. The molecule has 0 saturated heterocycles. The maximum atomic E-state index is 10.7. The molecule has 1 aromatic heterocycles. The van der Waals surface area contributed by atoms with Gasteiger partial charge < -0.3 is 4.74 Å². The van der Waals surface area contributed by atoms with E-state index < -0.39 is 4.92 Å². The fourth-order valence-electron chi connectivity index (χ4n) is 1.64. The van der Waals surface area contributed by atoms with Crippen LogP contribution in [-0.4, -0.2) is 20.8 Å². The number of nitro benzene ring substituents is 1. The summed E-state index contributed by atoms with van der Waals surface area (Å²) in [5.74, 6) is 0.554. The third-order valence-electron chi connectivity index (χ3n) is 2.32. The zero-order valence-electron chi connectivity index (χ0n) is 9.88. The molecule has 6 nitrogen and oxygen atoms in total. The van der Waals surface area contributed by atoms with Crippen molar-refractivity contribution in [2.24, 2.45) is 7.05 Å². The summed E-state index contributed by atoms with van der Waals surface area (Å²) in [6.07, 6.45) is -0.00661.